The Kier molecular flexibility index (Phi) is 14.9. The molecule has 0 fully saturated rings. The molecule has 5 atom stereocenters. The van der Waals surface area contributed by atoms with Gasteiger partial charge in [0.25, 0.3) is 11.1 Å². The van der Waals surface area contributed by atoms with Crippen molar-refractivity contribution in [3.8, 4) is 0 Å². The highest BCUT2D eigenvalue weighted by atomic mass is 16.3. The molecule has 16 heteroatoms. The Balaban J connectivity index is 2.36. The van der Waals surface area contributed by atoms with Crippen molar-refractivity contribution in [3.05, 3.63) is 45.0 Å². The van der Waals surface area contributed by atoms with Crippen molar-refractivity contribution in [3.63, 3.8) is 0 Å². The molecule has 1 unspecified atom stereocenters. The first-order chi connectivity index (χ1) is 22.8. The fraction of sp³-hybridized carbons (Fsp3) is 0.576. The van der Waals surface area contributed by atoms with Crippen molar-refractivity contribution in [2.45, 2.75) is 97.6 Å². The number of aliphatic hydroxyl groups is 1. The maximum Gasteiger partial charge on any atom is 0.273 e. The lowest BCUT2D eigenvalue weighted by atomic mass is 9.99. The maximum atomic E-state index is 13.7. The van der Waals surface area contributed by atoms with Crippen molar-refractivity contribution >= 4 is 46.1 Å². The normalized spacial score (nSPS) is 14.3. The second kappa shape index (κ2) is 18.1. The van der Waals surface area contributed by atoms with Gasteiger partial charge in [0.1, 0.15) is 24.7 Å². The number of Topliss-reactive ketones (excluding diaryl/α,β-unsaturated/α-hetero) is 1. The van der Waals surface area contributed by atoms with Gasteiger partial charge in [-0.1, -0.05) is 39.8 Å². The summed E-state index contributed by atoms with van der Waals surface area (Å²) in [6.07, 6.45) is -1.60. The predicted molar refractivity (Wildman–Crippen MR) is 181 cm³/mol. The van der Waals surface area contributed by atoms with Crippen LogP contribution in [-0.2, 0) is 35.3 Å². The summed E-state index contributed by atoms with van der Waals surface area (Å²) in [5.41, 5.74) is -1.23. The van der Waals surface area contributed by atoms with Gasteiger partial charge in [0.2, 0.25) is 29.5 Å². The minimum Gasteiger partial charge on any atom is -0.391 e. The molecule has 1 aromatic carbocycles. The molecule has 1 aromatic heterocycles. The van der Waals surface area contributed by atoms with Crippen LogP contribution < -0.4 is 32.4 Å². The topological polar surface area (TPSA) is 229 Å². The first-order valence-electron chi connectivity index (χ1n) is 16.1. The molecule has 2 rings (SSSR count). The van der Waals surface area contributed by atoms with E-state index in [0.29, 0.717) is 0 Å². The second-order valence-corrected chi connectivity index (χ2v) is 13.1. The molecule has 16 nitrogen and oxygen atoms in total. The zero-order valence-corrected chi connectivity index (χ0v) is 29.3. The molecule has 1 heterocycles. The molecular weight excluding hydrogens is 638 g/mol. The Bertz CT molecular complexity index is 1640. The SMILES string of the molecule is CC(=O)N[C@H](C(=O)N[C@H](C(=O)N[C@@H](CC(C)C)C(=O)N[C@@H](CCC(=O)N(C)C)C(=O)Cn1[nH]c(=O)c2ccccc2c1=O)C(C)O)C(C)C. The van der Waals surface area contributed by atoms with E-state index in [-0.39, 0.29) is 47.8 Å². The Labute approximate surface area is 284 Å². The minimum absolute atomic E-state index is 0.0908. The number of nitrogens with zero attached hydrogens (tertiary/aromatic N) is 2. The van der Waals surface area contributed by atoms with Gasteiger partial charge in [-0.05, 0) is 43.7 Å². The number of H-pyrrole nitrogens is 1. The highest BCUT2D eigenvalue weighted by Gasteiger charge is 2.34. The number of aliphatic hydroxyl groups excluding tert-OH is 1. The molecule has 0 spiro atoms. The smallest absolute Gasteiger partial charge is 0.273 e. The molecule has 0 aliphatic carbocycles. The number of carbonyl (C=O) groups is 6. The summed E-state index contributed by atoms with van der Waals surface area (Å²) in [5, 5.41) is 23.1. The van der Waals surface area contributed by atoms with E-state index in [1.165, 1.54) is 45.0 Å². The second-order valence-electron chi connectivity index (χ2n) is 13.1. The van der Waals surface area contributed by atoms with Crippen LogP contribution >= 0.6 is 0 Å². The van der Waals surface area contributed by atoms with E-state index in [2.05, 4.69) is 26.4 Å². The van der Waals surface area contributed by atoms with Gasteiger partial charge in [0, 0.05) is 27.4 Å². The summed E-state index contributed by atoms with van der Waals surface area (Å²) in [4.78, 5) is 105. The summed E-state index contributed by atoms with van der Waals surface area (Å²) in [5.74, 6) is -4.36. The molecule has 0 bridgehead atoms. The molecule has 0 saturated carbocycles. The largest absolute Gasteiger partial charge is 0.391 e. The number of nitrogens with one attached hydrogen (secondary N) is 5. The van der Waals surface area contributed by atoms with Gasteiger partial charge in [-0.3, -0.25) is 43.5 Å². The number of ketones is 1. The summed E-state index contributed by atoms with van der Waals surface area (Å²) in [7, 11) is 3.06. The van der Waals surface area contributed by atoms with Crippen LogP contribution in [0.2, 0.25) is 0 Å². The highest BCUT2D eigenvalue weighted by Crippen LogP contribution is 2.11. The summed E-state index contributed by atoms with van der Waals surface area (Å²) >= 11 is 0. The summed E-state index contributed by atoms with van der Waals surface area (Å²) in [6.45, 7) is 8.87. The summed E-state index contributed by atoms with van der Waals surface area (Å²) in [6, 6.07) is 1.05. The van der Waals surface area contributed by atoms with Crippen molar-refractivity contribution in [2.75, 3.05) is 14.1 Å². The zero-order valence-electron chi connectivity index (χ0n) is 29.3. The first-order valence-corrected chi connectivity index (χ1v) is 16.1. The van der Waals surface area contributed by atoms with Crippen LogP contribution in [0, 0.1) is 11.8 Å². The number of carbonyl (C=O) groups excluding carboxylic acids is 6. The quantitative estimate of drug-likeness (QED) is 0.122. The first kappa shape index (κ1) is 40.3. The Morgan fingerprint density at radius 2 is 1.39 bits per heavy atom. The minimum atomic E-state index is -1.50. The zero-order chi connectivity index (χ0) is 37.2. The van der Waals surface area contributed by atoms with Crippen LogP contribution in [0.3, 0.4) is 0 Å². The number of hydrogen-bond acceptors (Lipinski definition) is 9. The molecule has 0 aliphatic rings. The van der Waals surface area contributed by atoms with Gasteiger partial charge >= 0.3 is 0 Å². The number of aromatic amines is 1. The average Bonchev–Trinajstić information content (AvgIpc) is 3.01. The molecule has 49 heavy (non-hydrogen) atoms. The lowest BCUT2D eigenvalue weighted by molar-refractivity contribution is -0.136. The third-order valence-corrected chi connectivity index (χ3v) is 7.76. The maximum absolute atomic E-state index is 13.7. The number of rotatable bonds is 17. The lowest BCUT2D eigenvalue weighted by Crippen LogP contribution is -2.61. The molecule has 5 amide bonds. The average molecular weight is 688 g/mol. The van der Waals surface area contributed by atoms with E-state index >= 15 is 0 Å². The number of fused-ring (bicyclic) bond motifs is 1. The van der Waals surface area contributed by atoms with Crippen molar-refractivity contribution in [2.24, 2.45) is 11.8 Å². The van der Waals surface area contributed by atoms with Crippen molar-refractivity contribution in [1.82, 2.24) is 35.9 Å². The van der Waals surface area contributed by atoms with Crippen molar-refractivity contribution in [1.29, 1.82) is 0 Å². The standard InChI is InChI=1S/C33H49N7O9/c1-17(2)15-24(36-32(48)28(19(5)41)37-31(47)27(18(3)4)34-20(6)42)30(46)35-23(13-14-26(44)39(7)8)25(43)16-40-33(49)22-12-10-9-11-21(22)29(45)38-40/h9-12,17-19,23-24,27-28,41H,13-16H2,1-8H3,(H,34,42)(H,35,46)(H,36,48)(H,37,47)(H,38,45)/t19?,23-,24-,27-,28-/m0/s1. The fourth-order valence-electron chi connectivity index (χ4n) is 5.07. The van der Waals surface area contributed by atoms with E-state index in [1.54, 1.807) is 39.8 Å². The molecule has 2 aromatic rings. The van der Waals surface area contributed by atoms with Gasteiger partial charge < -0.3 is 31.3 Å². The molecule has 0 radical (unpaired) electrons. The lowest BCUT2D eigenvalue weighted by Gasteiger charge is -2.29. The van der Waals surface area contributed by atoms with Gasteiger partial charge in [-0.25, -0.2) is 4.68 Å². The van der Waals surface area contributed by atoms with Crippen LogP contribution in [0.4, 0.5) is 0 Å². The van der Waals surface area contributed by atoms with Crippen molar-refractivity contribution < 1.29 is 33.9 Å². The molecule has 6 N–H and O–H groups in total. The molecular formula is C33H49N7O9. The van der Waals surface area contributed by atoms with Crippen LogP contribution in [0.1, 0.15) is 60.8 Å². The van der Waals surface area contributed by atoms with Crippen LogP contribution in [0.5, 0.6) is 0 Å². The Morgan fingerprint density at radius 1 is 0.816 bits per heavy atom. The van der Waals surface area contributed by atoms with Crippen LogP contribution in [0.15, 0.2) is 33.9 Å². The predicted octanol–water partition coefficient (Wildman–Crippen LogP) is -0.831. The third kappa shape index (κ3) is 11.7. The van der Waals surface area contributed by atoms with Crippen LogP contribution in [0.25, 0.3) is 10.8 Å². The van der Waals surface area contributed by atoms with Gasteiger partial charge in [-0.2, -0.15) is 0 Å². The van der Waals surface area contributed by atoms with Gasteiger partial charge in [0.05, 0.1) is 22.9 Å². The van der Waals surface area contributed by atoms with E-state index in [0.717, 1.165) is 4.68 Å². The van der Waals surface area contributed by atoms with E-state index < -0.39 is 77.3 Å². The van der Waals surface area contributed by atoms with E-state index in [4.69, 9.17) is 0 Å². The van der Waals surface area contributed by atoms with E-state index in [1.807, 2.05) is 0 Å². The number of amides is 5. The van der Waals surface area contributed by atoms with Crippen LogP contribution in [-0.4, -0.2) is 99.5 Å². The summed E-state index contributed by atoms with van der Waals surface area (Å²) < 4.78 is 0.842. The Hall–Kier alpha value is -4.86. The fourth-order valence-corrected chi connectivity index (χ4v) is 5.07. The number of hydrogen-bond donors (Lipinski definition) is 6. The number of benzene rings is 1. The molecule has 0 saturated heterocycles. The monoisotopic (exact) mass is 687 g/mol. The van der Waals surface area contributed by atoms with E-state index in [9.17, 15) is 43.5 Å². The molecule has 0 aliphatic heterocycles. The highest BCUT2D eigenvalue weighted by molar-refractivity contribution is 5.96. The third-order valence-electron chi connectivity index (χ3n) is 7.76. The van der Waals surface area contributed by atoms with Gasteiger partial charge in [-0.15, -0.1) is 0 Å². The molecule has 270 valence electrons. The van der Waals surface area contributed by atoms with Gasteiger partial charge in [0.15, 0.2) is 5.78 Å². The Morgan fingerprint density at radius 3 is 1.92 bits per heavy atom. The number of aromatic nitrogens is 2.